The summed E-state index contributed by atoms with van der Waals surface area (Å²) in [5.41, 5.74) is 0.610. The van der Waals surface area contributed by atoms with Crippen LogP contribution in [0.5, 0.6) is 0 Å². The molecule has 0 aliphatic heterocycles. The smallest absolute Gasteiger partial charge is 0.261 e. The van der Waals surface area contributed by atoms with Gasteiger partial charge in [0.1, 0.15) is 5.82 Å². The maximum atomic E-state index is 12.7. The molecule has 1 aromatic carbocycles. The number of hydrogen-bond acceptors (Lipinski definition) is 3. The minimum atomic E-state index is -0.236. The van der Waals surface area contributed by atoms with Gasteiger partial charge < -0.3 is 4.90 Å². The second-order valence-electron chi connectivity index (χ2n) is 7.07. The van der Waals surface area contributed by atoms with Crippen LogP contribution in [-0.2, 0) is 11.8 Å². The zero-order valence-corrected chi connectivity index (χ0v) is 16.0. The van der Waals surface area contributed by atoms with E-state index in [0.29, 0.717) is 35.6 Å². The Morgan fingerprint density at radius 3 is 2.56 bits per heavy atom. The third kappa shape index (κ3) is 4.27. The largest absolute Gasteiger partial charge is 0.333 e. The number of fused-ring (bicyclic) bond motifs is 1. The summed E-state index contributed by atoms with van der Waals surface area (Å²) in [6.07, 6.45) is 2.47. The van der Waals surface area contributed by atoms with Crippen LogP contribution in [0.2, 0.25) is 0 Å². The van der Waals surface area contributed by atoms with Crippen LogP contribution >= 0.6 is 0 Å². The molecule has 5 heteroatoms. The Morgan fingerprint density at radius 1 is 1.24 bits per heavy atom. The van der Waals surface area contributed by atoms with Gasteiger partial charge in [-0.05, 0) is 31.4 Å². The number of para-hydroxylation sites is 1. The minimum absolute atomic E-state index is 0.0702. The number of amides is 1. The highest BCUT2D eigenvalue weighted by molar-refractivity contribution is 5.78. The number of carbonyl (C=O) groups excluding carboxylic acids is 1. The summed E-state index contributed by atoms with van der Waals surface area (Å²) in [4.78, 5) is 32.0. The van der Waals surface area contributed by atoms with Gasteiger partial charge in [0.2, 0.25) is 5.91 Å². The molecule has 0 aliphatic carbocycles. The van der Waals surface area contributed by atoms with Crippen molar-refractivity contribution in [2.24, 2.45) is 13.0 Å². The standard InChI is InChI=1S/C20H29N3O2/c1-6-7-12-23(18(24)13-14(2)3)15(4)19-21-17-11-9-8-10-16(17)20(25)22(19)5/h8-11,14-15H,6-7,12-13H2,1-5H3. The van der Waals surface area contributed by atoms with Gasteiger partial charge in [0.25, 0.3) is 5.56 Å². The average molecular weight is 343 g/mol. The lowest BCUT2D eigenvalue weighted by atomic mass is 10.1. The van der Waals surface area contributed by atoms with E-state index in [1.54, 1.807) is 17.7 Å². The first kappa shape index (κ1) is 19.2. The van der Waals surface area contributed by atoms with Crippen molar-refractivity contribution >= 4 is 16.8 Å². The Kier molecular flexibility index (Phi) is 6.34. The molecule has 136 valence electrons. The van der Waals surface area contributed by atoms with E-state index in [0.717, 1.165) is 12.8 Å². The van der Waals surface area contributed by atoms with E-state index in [4.69, 9.17) is 4.98 Å². The molecule has 0 spiro atoms. The van der Waals surface area contributed by atoms with Gasteiger partial charge in [-0.1, -0.05) is 39.3 Å². The summed E-state index contributed by atoms with van der Waals surface area (Å²) in [7, 11) is 1.73. The first-order chi connectivity index (χ1) is 11.9. The Morgan fingerprint density at radius 2 is 1.92 bits per heavy atom. The SMILES string of the molecule is CCCCN(C(=O)CC(C)C)C(C)c1nc2ccccc2c(=O)n1C. The van der Waals surface area contributed by atoms with Crippen molar-refractivity contribution < 1.29 is 4.79 Å². The number of nitrogens with zero attached hydrogens (tertiary/aromatic N) is 3. The fourth-order valence-electron chi connectivity index (χ4n) is 3.08. The third-order valence-corrected chi connectivity index (χ3v) is 4.51. The molecular weight excluding hydrogens is 314 g/mol. The van der Waals surface area contributed by atoms with Crippen LogP contribution in [0.4, 0.5) is 0 Å². The zero-order chi connectivity index (χ0) is 18.6. The van der Waals surface area contributed by atoms with Crippen LogP contribution in [0, 0.1) is 5.92 Å². The summed E-state index contributed by atoms with van der Waals surface area (Å²) < 4.78 is 1.58. The molecule has 25 heavy (non-hydrogen) atoms. The van der Waals surface area contributed by atoms with Crippen molar-refractivity contribution in [1.29, 1.82) is 0 Å². The highest BCUT2D eigenvalue weighted by Gasteiger charge is 2.25. The van der Waals surface area contributed by atoms with Crippen LogP contribution in [0.1, 0.15) is 58.8 Å². The first-order valence-corrected chi connectivity index (χ1v) is 9.11. The highest BCUT2D eigenvalue weighted by Crippen LogP contribution is 2.22. The van der Waals surface area contributed by atoms with Crippen molar-refractivity contribution in [3.8, 4) is 0 Å². The third-order valence-electron chi connectivity index (χ3n) is 4.51. The molecule has 1 amide bonds. The minimum Gasteiger partial charge on any atom is -0.333 e. The molecule has 1 atom stereocenters. The molecule has 1 heterocycles. The van der Waals surface area contributed by atoms with Gasteiger partial charge in [-0.25, -0.2) is 4.98 Å². The fraction of sp³-hybridized carbons (Fsp3) is 0.550. The van der Waals surface area contributed by atoms with E-state index in [-0.39, 0.29) is 17.5 Å². The van der Waals surface area contributed by atoms with Gasteiger partial charge in [0, 0.05) is 20.0 Å². The van der Waals surface area contributed by atoms with Gasteiger partial charge >= 0.3 is 0 Å². The van der Waals surface area contributed by atoms with Crippen LogP contribution in [0.3, 0.4) is 0 Å². The number of carbonyl (C=O) groups is 1. The average Bonchev–Trinajstić information content (AvgIpc) is 2.57. The number of unbranched alkanes of at least 4 members (excludes halogenated alkanes) is 1. The monoisotopic (exact) mass is 343 g/mol. The Balaban J connectivity index is 2.45. The molecule has 2 rings (SSSR count). The lowest BCUT2D eigenvalue weighted by Crippen LogP contribution is -2.38. The van der Waals surface area contributed by atoms with Crippen molar-refractivity contribution in [2.45, 2.75) is 53.0 Å². The predicted molar refractivity (Wildman–Crippen MR) is 101 cm³/mol. The number of rotatable bonds is 7. The van der Waals surface area contributed by atoms with Crippen LogP contribution in [-0.4, -0.2) is 26.9 Å². The molecule has 0 aliphatic rings. The summed E-state index contributed by atoms with van der Waals surface area (Å²) in [5, 5.41) is 0.606. The summed E-state index contributed by atoms with van der Waals surface area (Å²) in [6.45, 7) is 8.85. The van der Waals surface area contributed by atoms with Crippen LogP contribution in [0.25, 0.3) is 10.9 Å². The maximum Gasteiger partial charge on any atom is 0.261 e. The van der Waals surface area contributed by atoms with E-state index in [1.807, 2.05) is 43.9 Å². The van der Waals surface area contributed by atoms with Crippen molar-refractivity contribution in [3.05, 3.63) is 40.4 Å². The number of benzene rings is 1. The first-order valence-electron chi connectivity index (χ1n) is 9.11. The molecule has 1 unspecified atom stereocenters. The van der Waals surface area contributed by atoms with Crippen molar-refractivity contribution in [2.75, 3.05) is 6.54 Å². The lowest BCUT2D eigenvalue weighted by Gasteiger charge is -2.30. The van der Waals surface area contributed by atoms with E-state index >= 15 is 0 Å². The number of hydrogen-bond donors (Lipinski definition) is 0. The van der Waals surface area contributed by atoms with E-state index in [2.05, 4.69) is 6.92 Å². The Bertz CT molecular complexity index is 795. The Hall–Kier alpha value is -2.17. The van der Waals surface area contributed by atoms with Gasteiger partial charge in [-0.15, -0.1) is 0 Å². The van der Waals surface area contributed by atoms with Gasteiger partial charge in [-0.2, -0.15) is 0 Å². The lowest BCUT2D eigenvalue weighted by molar-refractivity contribution is -0.134. The van der Waals surface area contributed by atoms with Gasteiger partial charge in [0.05, 0.1) is 16.9 Å². The molecule has 0 radical (unpaired) electrons. The molecule has 0 fully saturated rings. The second-order valence-corrected chi connectivity index (χ2v) is 7.07. The normalized spacial score (nSPS) is 12.6. The second kappa shape index (κ2) is 8.28. The van der Waals surface area contributed by atoms with Gasteiger partial charge in [0.15, 0.2) is 0 Å². The molecule has 0 saturated carbocycles. The fourth-order valence-corrected chi connectivity index (χ4v) is 3.08. The molecule has 1 aromatic heterocycles. The molecular formula is C20H29N3O2. The van der Waals surface area contributed by atoms with Crippen molar-refractivity contribution in [3.63, 3.8) is 0 Å². The molecule has 2 aromatic rings. The van der Waals surface area contributed by atoms with Gasteiger partial charge in [-0.3, -0.25) is 14.2 Å². The molecule has 0 N–H and O–H groups in total. The quantitative estimate of drug-likeness (QED) is 0.771. The molecule has 0 bridgehead atoms. The van der Waals surface area contributed by atoms with Crippen LogP contribution < -0.4 is 5.56 Å². The topological polar surface area (TPSA) is 55.2 Å². The van der Waals surface area contributed by atoms with E-state index in [9.17, 15) is 9.59 Å². The van der Waals surface area contributed by atoms with E-state index < -0.39 is 0 Å². The summed E-state index contributed by atoms with van der Waals surface area (Å²) in [5.74, 6) is 1.06. The maximum absolute atomic E-state index is 12.7. The van der Waals surface area contributed by atoms with Crippen LogP contribution in [0.15, 0.2) is 29.1 Å². The number of aromatic nitrogens is 2. The summed E-state index contributed by atoms with van der Waals surface area (Å²) in [6, 6.07) is 7.12. The molecule has 0 saturated heterocycles. The van der Waals surface area contributed by atoms with E-state index in [1.165, 1.54) is 0 Å². The summed E-state index contributed by atoms with van der Waals surface area (Å²) >= 11 is 0. The molecule has 5 nitrogen and oxygen atoms in total. The zero-order valence-electron chi connectivity index (χ0n) is 16.0. The van der Waals surface area contributed by atoms with Crippen molar-refractivity contribution in [1.82, 2.24) is 14.5 Å². The predicted octanol–water partition coefficient (Wildman–Crippen LogP) is 3.67. The highest BCUT2D eigenvalue weighted by atomic mass is 16.2. The Labute approximate surface area is 149 Å².